The van der Waals surface area contributed by atoms with Crippen molar-refractivity contribution in [2.24, 2.45) is 11.8 Å². The summed E-state index contributed by atoms with van der Waals surface area (Å²) >= 11 is 0. The average molecular weight is 341 g/mol. The molecule has 1 fully saturated rings. The second kappa shape index (κ2) is 7.51. The van der Waals surface area contributed by atoms with Crippen molar-refractivity contribution in [3.05, 3.63) is 48.3 Å². The number of carboxylic acid groups (broad SMARTS) is 1. The standard InChI is InChI=1S/C19H23N3O3/c1-21(18(23)15-7-9-16(10-8-15)19(24)25)12-14-11-20-22(13-14)17-5-3-2-4-6-17/h2-6,11,13,15-16H,7-10,12H2,1H3,(H,24,25). The lowest BCUT2D eigenvalue weighted by atomic mass is 9.81. The molecule has 0 spiro atoms. The van der Waals surface area contributed by atoms with Gasteiger partial charge in [-0.15, -0.1) is 0 Å². The van der Waals surface area contributed by atoms with Gasteiger partial charge in [0.25, 0.3) is 0 Å². The molecule has 0 aliphatic heterocycles. The monoisotopic (exact) mass is 341 g/mol. The minimum absolute atomic E-state index is 0.0650. The van der Waals surface area contributed by atoms with Crippen LogP contribution in [0.5, 0.6) is 0 Å². The summed E-state index contributed by atoms with van der Waals surface area (Å²) < 4.78 is 1.80. The summed E-state index contributed by atoms with van der Waals surface area (Å²) in [5.41, 5.74) is 1.95. The largest absolute Gasteiger partial charge is 0.481 e. The fraction of sp³-hybridized carbons (Fsp3) is 0.421. The van der Waals surface area contributed by atoms with Gasteiger partial charge in [-0.05, 0) is 37.8 Å². The summed E-state index contributed by atoms with van der Waals surface area (Å²) in [4.78, 5) is 25.3. The Balaban J connectivity index is 1.57. The fourth-order valence-corrected chi connectivity index (χ4v) is 3.41. The molecule has 132 valence electrons. The fourth-order valence-electron chi connectivity index (χ4n) is 3.41. The van der Waals surface area contributed by atoms with E-state index in [0.29, 0.717) is 32.2 Å². The molecule has 0 unspecified atom stereocenters. The third-order valence-corrected chi connectivity index (χ3v) is 4.88. The van der Waals surface area contributed by atoms with Crippen LogP contribution in [0.1, 0.15) is 31.2 Å². The van der Waals surface area contributed by atoms with E-state index < -0.39 is 5.97 Å². The maximum atomic E-state index is 12.6. The number of hydrogen-bond acceptors (Lipinski definition) is 3. The highest BCUT2D eigenvalue weighted by atomic mass is 16.4. The van der Waals surface area contributed by atoms with Crippen LogP contribution in [-0.2, 0) is 16.1 Å². The van der Waals surface area contributed by atoms with Gasteiger partial charge in [-0.3, -0.25) is 9.59 Å². The quantitative estimate of drug-likeness (QED) is 0.907. The first kappa shape index (κ1) is 17.2. The third-order valence-electron chi connectivity index (χ3n) is 4.88. The Morgan fingerprint density at radius 3 is 2.44 bits per heavy atom. The minimum Gasteiger partial charge on any atom is -0.481 e. The summed E-state index contributed by atoms with van der Waals surface area (Å²) in [6.45, 7) is 0.504. The molecular weight excluding hydrogens is 318 g/mol. The van der Waals surface area contributed by atoms with Gasteiger partial charge < -0.3 is 10.0 Å². The summed E-state index contributed by atoms with van der Waals surface area (Å²) in [5.74, 6) is -1.01. The molecule has 6 nitrogen and oxygen atoms in total. The molecule has 2 aromatic rings. The Morgan fingerprint density at radius 2 is 1.80 bits per heavy atom. The van der Waals surface area contributed by atoms with Gasteiger partial charge in [0.2, 0.25) is 5.91 Å². The number of nitrogens with zero attached hydrogens (tertiary/aromatic N) is 3. The molecule has 0 saturated heterocycles. The first-order valence-electron chi connectivity index (χ1n) is 8.61. The zero-order valence-corrected chi connectivity index (χ0v) is 14.3. The molecule has 1 aromatic heterocycles. The Bertz CT molecular complexity index is 733. The van der Waals surface area contributed by atoms with E-state index in [1.165, 1.54) is 0 Å². The number of amides is 1. The number of rotatable bonds is 5. The number of benzene rings is 1. The van der Waals surface area contributed by atoms with Gasteiger partial charge >= 0.3 is 5.97 Å². The number of aliphatic carboxylic acids is 1. The Hall–Kier alpha value is -2.63. The van der Waals surface area contributed by atoms with Crippen LogP contribution < -0.4 is 0 Å². The van der Waals surface area contributed by atoms with E-state index >= 15 is 0 Å². The maximum absolute atomic E-state index is 12.6. The summed E-state index contributed by atoms with van der Waals surface area (Å²) in [6, 6.07) is 9.83. The van der Waals surface area contributed by atoms with Crippen molar-refractivity contribution in [2.45, 2.75) is 32.2 Å². The molecule has 1 N–H and O–H groups in total. The molecule has 25 heavy (non-hydrogen) atoms. The average Bonchev–Trinajstić information content (AvgIpc) is 3.10. The smallest absolute Gasteiger partial charge is 0.306 e. The third kappa shape index (κ3) is 4.07. The van der Waals surface area contributed by atoms with E-state index in [1.807, 2.05) is 36.5 Å². The minimum atomic E-state index is -0.743. The Labute approximate surface area is 147 Å². The number of para-hydroxylation sites is 1. The van der Waals surface area contributed by atoms with Gasteiger partial charge in [-0.25, -0.2) is 4.68 Å². The number of carboxylic acids is 1. The normalized spacial score (nSPS) is 20.2. The van der Waals surface area contributed by atoms with Gasteiger partial charge in [-0.2, -0.15) is 5.10 Å². The van der Waals surface area contributed by atoms with E-state index in [4.69, 9.17) is 5.11 Å². The van der Waals surface area contributed by atoms with Crippen LogP contribution in [0.2, 0.25) is 0 Å². The second-order valence-corrected chi connectivity index (χ2v) is 6.71. The van der Waals surface area contributed by atoms with E-state index in [-0.39, 0.29) is 17.7 Å². The van der Waals surface area contributed by atoms with Crippen molar-refractivity contribution < 1.29 is 14.7 Å². The van der Waals surface area contributed by atoms with Crippen LogP contribution in [0, 0.1) is 11.8 Å². The molecule has 0 radical (unpaired) electrons. The highest BCUT2D eigenvalue weighted by Gasteiger charge is 2.31. The maximum Gasteiger partial charge on any atom is 0.306 e. The highest BCUT2D eigenvalue weighted by molar-refractivity contribution is 5.79. The Kier molecular flexibility index (Phi) is 5.16. The zero-order chi connectivity index (χ0) is 17.8. The van der Waals surface area contributed by atoms with Crippen molar-refractivity contribution in [1.82, 2.24) is 14.7 Å². The lowest BCUT2D eigenvalue weighted by molar-refractivity contribution is -0.145. The van der Waals surface area contributed by atoms with Gasteiger partial charge in [0.1, 0.15) is 0 Å². The van der Waals surface area contributed by atoms with Crippen LogP contribution in [0.4, 0.5) is 0 Å². The SMILES string of the molecule is CN(Cc1cnn(-c2ccccc2)c1)C(=O)C1CCC(C(=O)O)CC1. The molecule has 6 heteroatoms. The zero-order valence-electron chi connectivity index (χ0n) is 14.3. The van der Waals surface area contributed by atoms with Crippen LogP contribution in [-0.4, -0.2) is 38.7 Å². The van der Waals surface area contributed by atoms with Crippen molar-refractivity contribution in [2.75, 3.05) is 7.05 Å². The number of hydrogen-bond donors (Lipinski definition) is 1. The van der Waals surface area contributed by atoms with Crippen molar-refractivity contribution in [1.29, 1.82) is 0 Å². The first-order valence-corrected chi connectivity index (χ1v) is 8.61. The molecular formula is C19H23N3O3. The van der Waals surface area contributed by atoms with E-state index in [1.54, 1.807) is 22.8 Å². The predicted molar refractivity (Wildman–Crippen MR) is 93.1 cm³/mol. The Morgan fingerprint density at radius 1 is 1.16 bits per heavy atom. The molecule has 3 rings (SSSR count). The van der Waals surface area contributed by atoms with Crippen LogP contribution in [0.25, 0.3) is 5.69 Å². The number of aromatic nitrogens is 2. The summed E-state index contributed by atoms with van der Waals surface area (Å²) in [7, 11) is 1.80. The number of carbonyl (C=O) groups excluding carboxylic acids is 1. The lowest BCUT2D eigenvalue weighted by Gasteiger charge is -2.28. The lowest BCUT2D eigenvalue weighted by Crippen LogP contribution is -2.35. The highest BCUT2D eigenvalue weighted by Crippen LogP contribution is 2.30. The van der Waals surface area contributed by atoms with Gasteiger partial charge in [-0.1, -0.05) is 18.2 Å². The van der Waals surface area contributed by atoms with E-state index in [2.05, 4.69) is 5.10 Å². The van der Waals surface area contributed by atoms with Crippen molar-refractivity contribution in [3.8, 4) is 5.69 Å². The topological polar surface area (TPSA) is 75.4 Å². The van der Waals surface area contributed by atoms with Gasteiger partial charge in [0, 0.05) is 31.3 Å². The first-order chi connectivity index (χ1) is 12.0. The summed E-state index contributed by atoms with van der Waals surface area (Å²) in [5, 5.41) is 13.4. The van der Waals surface area contributed by atoms with Gasteiger partial charge in [0.15, 0.2) is 0 Å². The molecule has 1 amide bonds. The van der Waals surface area contributed by atoms with Gasteiger partial charge in [0.05, 0.1) is 17.8 Å². The van der Waals surface area contributed by atoms with Crippen molar-refractivity contribution in [3.63, 3.8) is 0 Å². The molecule has 1 saturated carbocycles. The van der Waals surface area contributed by atoms with E-state index in [9.17, 15) is 9.59 Å². The second-order valence-electron chi connectivity index (χ2n) is 6.71. The molecule has 0 atom stereocenters. The number of carbonyl (C=O) groups is 2. The van der Waals surface area contributed by atoms with Crippen molar-refractivity contribution >= 4 is 11.9 Å². The summed E-state index contributed by atoms with van der Waals surface area (Å²) in [6.07, 6.45) is 6.20. The van der Waals surface area contributed by atoms with Crippen LogP contribution in [0.3, 0.4) is 0 Å². The molecule has 1 heterocycles. The molecule has 1 aliphatic rings. The van der Waals surface area contributed by atoms with Crippen LogP contribution >= 0.6 is 0 Å². The molecule has 0 bridgehead atoms. The predicted octanol–water partition coefficient (Wildman–Crippen LogP) is 2.72. The van der Waals surface area contributed by atoms with E-state index in [0.717, 1.165) is 11.3 Å². The van der Waals surface area contributed by atoms with Crippen LogP contribution in [0.15, 0.2) is 42.7 Å². The molecule has 1 aromatic carbocycles. The molecule has 1 aliphatic carbocycles.